The lowest BCUT2D eigenvalue weighted by Gasteiger charge is -2.08. The molecule has 4 nitrogen and oxygen atoms in total. The number of aromatic amines is 1. The van der Waals surface area contributed by atoms with Crippen molar-refractivity contribution >= 4 is 17.2 Å². The van der Waals surface area contributed by atoms with Crippen LogP contribution in [-0.2, 0) is 0 Å². The molecule has 2 N–H and O–H groups in total. The Morgan fingerprint density at radius 1 is 1.56 bits per heavy atom. The Kier molecular flexibility index (Phi) is 3.81. The van der Waals surface area contributed by atoms with Gasteiger partial charge >= 0.3 is 0 Å². The average molecular weight is 263 g/mol. The van der Waals surface area contributed by atoms with Crippen LogP contribution in [0.4, 0.5) is 0 Å². The number of amides is 1. The fourth-order valence-electron chi connectivity index (χ4n) is 1.54. The predicted octanol–water partition coefficient (Wildman–Crippen LogP) is 2.97. The number of hydrogen-bond acceptors (Lipinski definition) is 3. The lowest BCUT2D eigenvalue weighted by Crippen LogP contribution is -2.32. The summed E-state index contributed by atoms with van der Waals surface area (Å²) in [5, 5.41) is 9.86. The molecule has 0 bridgehead atoms. The van der Waals surface area contributed by atoms with Crippen molar-refractivity contribution in [3.63, 3.8) is 0 Å². The highest BCUT2D eigenvalue weighted by atomic mass is 32.1. The smallest absolute Gasteiger partial charge is 0.271 e. The maximum Gasteiger partial charge on any atom is 0.271 e. The Hall–Kier alpha value is -1.62. The number of nitrogens with one attached hydrogen (secondary N) is 2. The minimum absolute atomic E-state index is 0.125. The molecule has 0 radical (unpaired) electrons. The first-order valence-electron chi connectivity index (χ1n) is 6.03. The highest BCUT2D eigenvalue weighted by Gasteiger charge is 2.13. The van der Waals surface area contributed by atoms with Gasteiger partial charge in [-0.3, -0.25) is 9.89 Å². The van der Waals surface area contributed by atoms with Crippen molar-refractivity contribution in [2.24, 2.45) is 0 Å². The zero-order chi connectivity index (χ0) is 13.1. The fourth-order valence-corrected chi connectivity index (χ4v) is 2.38. The molecule has 0 saturated heterocycles. The van der Waals surface area contributed by atoms with Gasteiger partial charge in [0.15, 0.2) is 5.69 Å². The molecule has 96 valence electrons. The van der Waals surface area contributed by atoms with Crippen molar-refractivity contribution in [3.05, 3.63) is 28.8 Å². The molecule has 0 aliphatic rings. The van der Waals surface area contributed by atoms with Gasteiger partial charge in [0, 0.05) is 10.9 Å². The maximum absolute atomic E-state index is 11.9. The molecule has 0 unspecified atom stereocenters. The lowest BCUT2D eigenvalue weighted by atomic mass is 10.2. The summed E-state index contributed by atoms with van der Waals surface area (Å²) >= 11 is 1.68. The van der Waals surface area contributed by atoms with Crippen LogP contribution >= 0.6 is 11.3 Å². The molecular weight excluding hydrogens is 246 g/mol. The van der Waals surface area contributed by atoms with Gasteiger partial charge in [0.05, 0.1) is 10.6 Å². The summed E-state index contributed by atoms with van der Waals surface area (Å²) in [6.07, 6.45) is 0.910. The minimum Gasteiger partial charge on any atom is -0.348 e. The van der Waals surface area contributed by atoms with E-state index < -0.39 is 0 Å². The summed E-state index contributed by atoms with van der Waals surface area (Å²) in [5.41, 5.74) is 1.33. The summed E-state index contributed by atoms with van der Waals surface area (Å²) in [5.74, 6) is -0.125. The Labute approximate surface area is 110 Å². The molecule has 5 heteroatoms. The number of aromatic nitrogens is 2. The van der Waals surface area contributed by atoms with Crippen LogP contribution in [-0.4, -0.2) is 22.1 Å². The average Bonchev–Trinajstić information content (AvgIpc) is 2.96. The predicted molar refractivity (Wildman–Crippen MR) is 73.9 cm³/mol. The standard InChI is InChI=1S/C13H17N3OS/c1-4-8(2)14-13(17)11-7-10(15-16-11)12-6-5-9(3)18-12/h5-8H,4H2,1-3H3,(H,14,17)(H,15,16)/t8-/m0/s1. The molecule has 0 saturated carbocycles. The zero-order valence-electron chi connectivity index (χ0n) is 10.8. The number of hydrogen-bond donors (Lipinski definition) is 2. The molecule has 2 rings (SSSR count). The molecule has 2 heterocycles. The largest absolute Gasteiger partial charge is 0.348 e. The van der Waals surface area contributed by atoms with Crippen LogP contribution in [0.15, 0.2) is 18.2 Å². The zero-order valence-corrected chi connectivity index (χ0v) is 11.6. The third-order valence-electron chi connectivity index (χ3n) is 2.81. The van der Waals surface area contributed by atoms with Gasteiger partial charge in [-0.15, -0.1) is 11.3 Å². The number of rotatable bonds is 4. The van der Waals surface area contributed by atoms with Crippen LogP contribution < -0.4 is 5.32 Å². The van der Waals surface area contributed by atoms with Crippen LogP contribution in [0.1, 0.15) is 35.6 Å². The van der Waals surface area contributed by atoms with Crippen LogP contribution in [0.5, 0.6) is 0 Å². The summed E-state index contributed by atoms with van der Waals surface area (Å²) < 4.78 is 0. The second-order valence-electron chi connectivity index (χ2n) is 4.36. The molecule has 2 aromatic heterocycles. The molecule has 0 aliphatic carbocycles. The third kappa shape index (κ3) is 2.79. The molecular formula is C13H17N3OS. The quantitative estimate of drug-likeness (QED) is 0.891. The fraction of sp³-hybridized carbons (Fsp3) is 0.385. The van der Waals surface area contributed by atoms with Crippen molar-refractivity contribution in [2.45, 2.75) is 33.2 Å². The van der Waals surface area contributed by atoms with Gasteiger partial charge in [-0.2, -0.15) is 5.10 Å². The first-order chi connectivity index (χ1) is 8.60. The molecule has 1 amide bonds. The second kappa shape index (κ2) is 5.35. The number of aryl methyl sites for hydroxylation is 1. The molecule has 1 atom stereocenters. The Balaban J connectivity index is 2.13. The van der Waals surface area contributed by atoms with Gasteiger partial charge in [-0.25, -0.2) is 0 Å². The normalized spacial score (nSPS) is 12.4. The first-order valence-corrected chi connectivity index (χ1v) is 6.85. The second-order valence-corrected chi connectivity index (χ2v) is 5.65. The monoisotopic (exact) mass is 263 g/mol. The van der Waals surface area contributed by atoms with Crippen molar-refractivity contribution in [1.29, 1.82) is 0 Å². The van der Waals surface area contributed by atoms with Crippen LogP contribution in [0.3, 0.4) is 0 Å². The highest BCUT2D eigenvalue weighted by molar-refractivity contribution is 7.15. The molecule has 18 heavy (non-hydrogen) atoms. The summed E-state index contributed by atoms with van der Waals surface area (Å²) in [6, 6.07) is 6.05. The van der Waals surface area contributed by atoms with Crippen LogP contribution in [0, 0.1) is 6.92 Å². The van der Waals surface area contributed by atoms with Gasteiger partial charge in [-0.1, -0.05) is 6.92 Å². The SMILES string of the molecule is CC[C@H](C)NC(=O)c1cc(-c2ccc(C)s2)[nH]n1. The number of carbonyl (C=O) groups is 1. The van der Waals surface area contributed by atoms with Gasteiger partial charge in [0.1, 0.15) is 0 Å². The lowest BCUT2D eigenvalue weighted by molar-refractivity contribution is 0.0934. The van der Waals surface area contributed by atoms with Crippen molar-refractivity contribution < 1.29 is 4.79 Å². The van der Waals surface area contributed by atoms with E-state index in [1.807, 2.05) is 19.9 Å². The topological polar surface area (TPSA) is 57.8 Å². The Morgan fingerprint density at radius 2 is 2.33 bits per heavy atom. The molecule has 0 aromatic carbocycles. The van der Waals surface area contributed by atoms with Crippen molar-refractivity contribution in [2.75, 3.05) is 0 Å². The number of carbonyl (C=O) groups excluding carboxylic acids is 1. The van der Waals surface area contributed by atoms with Gasteiger partial charge in [0.25, 0.3) is 5.91 Å². The van der Waals surface area contributed by atoms with E-state index >= 15 is 0 Å². The van der Waals surface area contributed by atoms with Crippen molar-refractivity contribution in [3.8, 4) is 10.6 Å². The number of nitrogens with zero attached hydrogens (tertiary/aromatic N) is 1. The molecule has 0 spiro atoms. The summed E-state index contributed by atoms with van der Waals surface area (Å²) in [7, 11) is 0. The van der Waals surface area contributed by atoms with E-state index in [0.29, 0.717) is 5.69 Å². The highest BCUT2D eigenvalue weighted by Crippen LogP contribution is 2.26. The molecule has 2 aromatic rings. The van der Waals surface area contributed by atoms with Crippen LogP contribution in [0.25, 0.3) is 10.6 Å². The van der Waals surface area contributed by atoms with E-state index in [4.69, 9.17) is 0 Å². The van der Waals surface area contributed by atoms with Gasteiger partial charge in [0.2, 0.25) is 0 Å². The summed E-state index contributed by atoms with van der Waals surface area (Å²) in [6.45, 7) is 6.07. The Bertz CT molecular complexity index is 544. The maximum atomic E-state index is 11.9. The van der Waals surface area contributed by atoms with E-state index in [1.165, 1.54) is 4.88 Å². The summed E-state index contributed by atoms with van der Waals surface area (Å²) in [4.78, 5) is 14.2. The number of thiophene rings is 1. The van der Waals surface area contributed by atoms with E-state index in [-0.39, 0.29) is 11.9 Å². The van der Waals surface area contributed by atoms with E-state index in [0.717, 1.165) is 17.0 Å². The van der Waals surface area contributed by atoms with Crippen molar-refractivity contribution in [1.82, 2.24) is 15.5 Å². The molecule has 0 aliphatic heterocycles. The van der Waals surface area contributed by atoms with E-state index in [9.17, 15) is 4.79 Å². The van der Waals surface area contributed by atoms with Crippen LogP contribution in [0.2, 0.25) is 0 Å². The Morgan fingerprint density at radius 3 is 2.94 bits per heavy atom. The third-order valence-corrected chi connectivity index (χ3v) is 3.84. The van der Waals surface area contributed by atoms with Gasteiger partial charge in [-0.05, 0) is 38.5 Å². The number of H-pyrrole nitrogens is 1. The van der Waals surface area contributed by atoms with Gasteiger partial charge < -0.3 is 5.32 Å². The molecule has 0 fully saturated rings. The van der Waals surface area contributed by atoms with E-state index in [2.05, 4.69) is 28.5 Å². The first kappa shape index (κ1) is 12.8. The minimum atomic E-state index is -0.125. The van der Waals surface area contributed by atoms with E-state index in [1.54, 1.807) is 17.4 Å².